The molecule has 0 spiro atoms. The smallest absolute Gasteiger partial charge is 0.408 e. The first-order valence-electron chi connectivity index (χ1n) is 8.35. The first-order chi connectivity index (χ1) is 11.7. The molecule has 0 saturated heterocycles. The molecule has 1 aromatic heterocycles. The quantitative estimate of drug-likeness (QED) is 0.684. The summed E-state index contributed by atoms with van der Waals surface area (Å²) >= 11 is 7.79. The number of nitrogens with one attached hydrogen (secondary N) is 1. The predicted octanol–water partition coefficient (Wildman–Crippen LogP) is 6.08. The van der Waals surface area contributed by atoms with E-state index in [0.29, 0.717) is 10.9 Å². The third-order valence-electron chi connectivity index (χ3n) is 3.37. The Labute approximate surface area is 158 Å². The van der Waals surface area contributed by atoms with E-state index in [4.69, 9.17) is 21.3 Å². The van der Waals surface area contributed by atoms with Crippen LogP contribution < -0.4 is 5.32 Å². The number of ether oxygens (including phenoxy) is 1. The Bertz CT molecular complexity index is 722. The maximum atomic E-state index is 12.2. The first kappa shape index (κ1) is 19.7. The number of aromatic nitrogens is 1. The topological polar surface area (TPSA) is 51.2 Å². The molecule has 1 heterocycles. The fraction of sp³-hybridized carbons (Fsp3) is 0.474. The Morgan fingerprint density at radius 1 is 1.32 bits per heavy atom. The molecule has 136 valence electrons. The lowest BCUT2D eigenvalue weighted by atomic mass is 10.0. The highest BCUT2D eigenvalue weighted by atomic mass is 35.5. The average Bonchev–Trinajstić information content (AvgIpc) is 2.94. The van der Waals surface area contributed by atoms with Crippen LogP contribution in [0.15, 0.2) is 29.6 Å². The van der Waals surface area contributed by atoms with E-state index in [9.17, 15) is 4.79 Å². The summed E-state index contributed by atoms with van der Waals surface area (Å²) in [5.74, 6) is 0.410. The Kier molecular flexibility index (Phi) is 6.47. The van der Waals surface area contributed by atoms with Crippen molar-refractivity contribution in [2.75, 3.05) is 0 Å². The number of rotatable bonds is 5. The van der Waals surface area contributed by atoms with Gasteiger partial charge in [0.05, 0.1) is 11.7 Å². The lowest BCUT2D eigenvalue weighted by molar-refractivity contribution is 0.0498. The van der Waals surface area contributed by atoms with Crippen molar-refractivity contribution in [2.24, 2.45) is 5.92 Å². The molecule has 1 N–H and O–H groups in total. The molecule has 2 rings (SSSR count). The van der Waals surface area contributed by atoms with Gasteiger partial charge in [-0.1, -0.05) is 43.6 Å². The third-order valence-corrected chi connectivity index (χ3v) is 4.66. The first-order valence-corrected chi connectivity index (χ1v) is 9.61. The minimum atomic E-state index is -0.530. The summed E-state index contributed by atoms with van der Waals surface area (Å²) in [6, 6.07) is 7.44. The van der Waals surface area contributed by atoms with E-state index in [1.807, 2.05) is 50.4 Å². The number of thiazole rings is 1. The zero-order valence-corrected chi connectivity index (χ0v) is 16.9. The summed E-state index contributed by atoms with van der Waals surface area (Å²) in [5, 5.41) is 6.45. The molecule has 0 bridgehead atoms. The molecule has 0 saturated carbocycles. The van der Waals surface area contributed by atoms with E-state index in [-0.39, 0.29) is 6.04 Å². The van der Waals surface area contributed by atoms with Gasteiger partial charge in [0.25, 0.3) is 0 Å². The maximum Gasteiger partial charge on any atom is 0.408 e. The second kappa shape index (κ2) is 8.19. The Morgan fingerprint density at radius 2 is 2.00 bits per heavy atom. The van der Waals surface area contributed by atoms with Crippen molar-refractivity contribution in [2.45, 2.75) is 52.7 Å². The van der Waals surface area contributed by atoms with Crippen LogP contribution in [-0.4, -0.2) is 16.7 Å². The molecule has 0 aliphatic carbocycles. The number of hydrogen-bond donors (Lipinski definition) is 1. The van der Waals surface area contributed by atoms with Crippen molar-refractivity contribution in [3.63, 3.8) is 0 Å². The van der Waals surface area contributed by atoms with Crippen molar-refractivity contribution in [1.29, 1.82) is 0 Å². The van der Waals surface area contributed by atoms with Gasteiger partial charge in [0.2, 0.25) is 0 Å². The molecule has 1 aromatic carbocycles. The summed E-state index contributed by atoms with van der Waals surface area (Å²) in [7, 11) is 0. The van der Waals surface area contributed by atoms with E-state index in [0.717, 1.165) is 22.7 Å². The van der Waals surface area contributed by atoms with Crippen LogP contribution in [0.5, 0.6) is 0 Å². The minimum absolute atomic E-state index is 0.184. The summed E-state index contributed by atoms with van der Waals surface area (Å²) in [4.78, 5) is 16.9. The second-order valence-corrected chi connectivity index (χ2v) is 8.68. The molecular formula is C19H25ClN2O2S. The molecule has 4 nitrogen and oxygen atoms in total. The largest absolute Gasteiger partial charge is 0.444 e. The van der Waals surface area contributed by atoms with Crippen molar-refractivity contribution in [3.05, 3.63) is 39.7 Å². The number of carbonyl (C=O) groups excluding carboxylic acids is 1. The van der Waals surface area contributed by atoms with Gasteiger partial charge in [-0.2, -0.15) is 0 Å². The van der Waals surface area contributed by atoms with Gasteiger partial charge >= 0.3 is 6.09 Å². The van der Waals surface area contributed by atoms with Gasteiger partial charge in [-0.3, -0.25) is 0 Å². The normalized spacial score (nSPS) is 12.9. The number of carbonyl (C=O) groups is 1. The van der Waals surface area contributed by atoms with Crippen LogP contribution in [-0.2, 0) is 4.74 Å². The zero-order valence-electron chi connectivity index (χ0n) is 15.3. The fourth-order valence-electron chi connectivity index (χ4n) is 2.38. The highest BCUT2D eigenvalue weighted by molar-refractivity contribution is 7.10. The molecule has 0 aliphatic heterocycles. The van der Waals surface area contributed by atoms with Gasteiger partial charge in [0.15, 0.2) is 0 Å². The summed E-state index contributed by atoms with van der Waals surface area (Å²) in [6.45, 7) is 9.79. The van der Waals surface area contributed by atoms with Crippen LogP contribution in [0.4, 0.5) is 4.79 Å². The Hall–Kier alpha value is -1.59. The van der Waals surface area contributed by atoms with E-state index in [1.165, 1.54) is 11.3 Å². The number of halogens is 1. The number of hydrogen-bond acceptors (Lipinski definition) is 4. The van der Waals surface area contributed by atoms with Gasteiger partial charge in [-0.25, -0.2) is 9.78 Å². The zero-order chi connectivity index (χ0) is 18.6. The second-order valence-electron chi connectivity index (χ2n) is 7.38. The molecule has 0 radical (unpaired) electrons. The van der Waals surface area contributed by atoms with Gasteiger partial charge in [-0.05, 0) is 39.2 Å². The summed E-state index contributed by atoms with van der Waals surface area (Å²) in [6.07, 6.45) is 0.363. The molecule has 6 heteroatoms. The van der Waals surface area contributed by atoms with Crippen LogP contribution in [0.25, 0.3) is 11.3 Å². The highest BCUT2D eigenvalue weighted by Gasteiger charge is 2.23. The average molecular weight is 381 g/mol. The monoisotopic (exact) mass is 380 g/mol. The molecule has 0 fully saturated rings. The number of benzene rings is 1. The highest BCUT2D eigenvalue weighted by Crippen LogP contribution is 2.32. The van der Waals surface area contributed by atoms with E-state index in [1.54, 1.807) is 0 Å². The van der Waals surface area contributed by atoms with E-state index in [2.05, 4.69) is 19.2 Å². The van der Waals surface area contributed by atoms with Crippen LogP contribution in [0, 0.1) is 5.92 Å². The van der Waals surface area contributed by atoms with Crippen molar-refractivity contribution in [3.8, 4) is 11.3 Å². The van der Waals surface area contributed by atoms with Gasteiger partial charge in [0.1, 0.15) is 10.6 Å². The summed E-state index contributed by atoms with van der Waals surface area (Å²) in [5.41, 5.74) is 1.19. The maximum absolute atomic E-state index is 12.2. The van der Waals surface area contributed by atoms with Crippen LogP contribution in [0.1, 0.15) is 52.1 Å². The van der Waals surface area contributed by atoms with Crippen molar-refractivity contribution < 1.29 is 9.53 Å². The molecule has 0 aliphatic rings. The van der Waals surface area contributed by atoms with Gasteiger partial charge in [0, 0.05) is 16.0 Å². The SMILES string of the molecule is CC(C)CC(NC(=O)OC(C)(C)C)c1nc(-c2ccccc2Cl)cs1. The molecule has 1 amide bonds. The molecule has 25 heavy (non-hydrogen) atoms. The van der Waals surface area contributed by atoms with E-state index >= 15 is 0 Å². The summed E-state index contributed by atoms with van der Waals surface area (Å²) < 4.78 is 5.39. The van der Waals surface area contributed by atoms with Crippen LogP contribution in [0.2, 0.25) is 5.02 Å². The Morgan fingerprint density at radius 3 is 2.60 bits per heavy atom. The number of amides is 1. The molecular weight excluding hydrogens is 356 g/mol. The van der Waals surface area contributed by atoms with Crippen LogP contribution >= 0.6 is 22.9 Å². The van der Waals surface area contributed by atoms with Crippen LogP contribution in [0.3, 0.4) is 0 Å². The fourth-order valence-corrected chi connectivity index (χ4v) is 3.50. The molecule has 1 unspecified atom stereocenters. The predicted molar refractivity (Wildman–Crippen MR) is 104 cm³/mol. The van der Waals surface area contributed by atoms with Crippen molar-refractivity contribution >= 4 is 29.0 Å². The number of nitrogens with zero attached hydrogens (tertiary/aromatic N) is 1. The van der Waals surface area contributed by atoms with Gasteiger partial charge < -0.3 is 10.1 Å². The standard InChI is InChI=1S/C19H25ClN2O2S/c1-12(2)10-15(22-18(23)24-19(3,4)5)17-21-16(11-25-17)13-8-6-7-9-14(13)20/h6-9,11-12,15H,10H2,1-5H3,(H,22,23). The Balaban J connectivity index is 2.21. The molecule has 2 aromatic rings. The lowest BCUT2D eigenvalue weighted by Gasteiger charge is -2.23. The minimum Gasteiger partial charge on any atom is -0.444 e. The molecule has 1 atom stereocenters. The third kappa shape index (κ3) is 6.01. The van der Waals surface area contributed by atoms with E-state index < -0.39 is 11.7 Å². The van der Waals surface area contributed by atoms with Crippen molar-refractivity contribution in [1.82, 2.24) is 10.3 Å². The lowest BCUT2D eigenvalue weighted by Crippen LogP contribution is -2.35. The number of alkyl carbamates (subject to hydrolysis) is 1. The van der Waals surface area contributed by atoms with Gasteiger partial charge in [-0.15, -0.1) is 11.3 Å².